The number of halogens is 1. The number of rotatable bonds is 8. The van der Waals surface area contributed by atoms with Gasteiger partial charge in [0.2, 0.25) is 0 Å². The van der Waals surface area contributed by atoms with Gasteiger partial charge in [-0.1, -0.05) is 29.3 Å². The van der Waals surface area contributed by atoms with Crippen molar-refractivity contribution in [2.75, 3.05) is 18.5 Å². The normalized spacial score (nSPS) is 18.7. The van der Waals surface area contributed by atoms with Crippen molar-refractivity contribution in [3.63, 3.8) is 0 Å². The van der Waals surface area contributed by atoms with E-state index in [1.54, 1.807) is 37.3 Å². The highest BCUT2D eigenvalue weighted by atomic mass is 35.5. The third kappa shape index (κ3) is 5.46. The zero-order valence-electron chi connectivity index (χ0n) is 16.2. The standard InChI is InChI=1S/C20H23ClN2O5S/c1-3-27-20(24)17-11-22-19(21)10-18(17)23-15-8-14(9-15)12-28-29(25,26)16-6-4-13(2)5-7-16/h4-7,10-11,14-15H,3,8-9,12H2,1-2H3,(H,22,23). The van der Waals surface area contributed by atoms with E-state index in [2.05, 4.69) is 10.3 Å². The Bertz CT molecular complexity index is 973. The molecule has 1 aliphatic rings. The summed E-state index contributed by atoms with van der Waals surface area (Å²) in [7, 11) is -3.76. The van der Waals surface area contributed by atoms with E-state index in [1.165, 1.54) is 6.20 Å². The number of ether oxygens (including phenoxy) is 1. The number of anilines is 1. The van der Waals surface area contributed by atoms with Gasteiger partial charge in [-0.2, -0.15) is 8.42 Å². The van der Waals surface area contributed by atoms with Crippen LogP contribution in [0.1, 0.15) is 35.7 Å². The number of carbonyl (C=O) groups is 1. The van der Waals surface area contributed by atoms with Crippen LogP contribution < -0.4 is 5.32 Å². The summed E-state index contributed by atoms with van der Waals surface area (Å²) in [6.45, 7) is 4.01. The first-order valence-corrected chi connectivity index (χ1v) is 11.1. The average Bonchev–Trinajstić information content (AvgIpc) is 2.64. The lowest BCUT2D eigenvalue weighted by Gasteiger charge is -2.36. The third-order valence-electron chi connectivity index (χ3n) is 4.73. The number of esters is 1. The summed E-state index contributed by atoms with van der Waals surface area (Å²) in [6.07, 6.45) is 2.81. The maximum absolute atomic E-state index is 12.3. The summed E-state index contributed by atoms with van der Waals surface area (Å²) in [5.41, 5.74) is 1.85. The number of nitrogens with zero attached hydrogens (tertiary/aromatic N) is 1. The fourth-order valence-electron chi connectivity index (χ4n) is 3.09. The van der Waals surface area contributed by atoms with Gasteiger partial charge >= 0.3 is 5.97 Å². The smallest absolute Gasteiger partial charge is 0.341 e. The predicted octanol–water partition coefficient (Wildman–Crippen LogP) is 3.82. The van der Waals surface area contributed by atoms with Gasteiger partial charge in [-0.3, -0.25) is 4.18 Å². The van der Waals surface area contributed by atoms with Gasteiger partial charge < -0.3 is 10.1 Å². The molecule has 0 radical (unpaired) electrons. The van der Waals surface area contributed by atoms with Crippen molar-refractivity contribution in [3.05, 3.63) is 52.8 Å². The molecule has 1 aliphatic carbocycles. The summed E-state index contributed by atoms with van der Waals surface area (Å²) in [5.74, 6) is -0.362. The number of aryl methyl sites for hydroxylation is 1. The molecular weight excluding hydrogens is 416 g/mol. The maximum Gasteiger partial charge on any atom is 0.341 e. The molecule has 156 valence electrons. The molecule has 9 heteroatoms. The maximum atomic E-state index is 12.3. The Hall–Kier alpha value is -2.16. The van der Waals surface area contributed by atoms with Gasteiger partial charge in [0.1, 0.15) is 10.7 Å². The van der Waals surface area contributed by atoms with Crippen LogP contribution in [0.2, 0.25) is 5.15 Å². The molecule has 0 saturated heterocycles. The van der Waals surface area contributed by atoms with Crippen molar-refractivity contribution in [2.45, 2.75) is 37.6 Å². The first-order valence-electron chi connectivity index (χ1n) is 9.33. The number of pyridine rings is 1. The zero-order chi connectivity index (χ0) is 21.0. The van der Waals surface area contributed by atoms with Crippen LogP contribution in [0.3, 0.4) is 0 Å². The van der Waals surface area contributed by atoms with Crippen LogP contribution in [0.5, 0.6) is 0 Å². The Kier molecular flexibility index (Phi) is 6.77. The number of aromatic nitrogens is 1. The van der Waals surface area contributed by atoms with Crippen LogP contribution in [0.4, 0.5) is 5.69 Å². The van der Waals surface area contributed by atoms with Gasteiger partial charge in [0.25, 0.3) is 10.1 Å². The van der Waals surface area contributed by atoms with Crippen molar-refractivity contribution in [2.24, 2.45) is 5.92 Å². The first kappa shape index (κ1) is 21.5. The van der Waals surface area contributed by atoms with Gasteiger partial charge in [-0.25, -0.2) is 9.78 Å². The van der Waals surface area contributed by atoms with Gasteiger partial charge in [0.05, 0.1) is 23.8 Å². The molecule has 2 aromatic rings. The van der Waals surface area contributed by atoms with Crippen molar-refractivity contribution in [1.29, 1.82) is 0 Å². The second kappa shape index (κ2) is 9.11. The fourth-order valence-corrected chi connectivity index (χ4v) is 4.22. The highest BCUT2D eigenvalue weighted by molar-refractivity contribution is 7.86. The van der Waals surface area contributed by atoms with Crippen molar-refractivity contribution in [1.82, 2.24) is 4.98 Å². The predicted molar refractivity (Wildman–Crippen MR) is 110 cm³/mol. The molecule has 29 heavy (non-hydrogen) atoms. The second-order valence-electron chi connectivity index (χ2n) is 7.00. The minimum absolute atomic E-state index is 0.0809. The van der Waals surface area contributed by atoms with E-state index in [9.17, 15) is 13.2 Å². The molecule has 0 bridgehead atoms. The highest BCUT2D eigenvalue weighted by Gasteiger charge is 2.32. The quantitative estimate of drug-likeness (QED) is 0.380. The van der Waals surface area contributed by atoms with Crippen LogP contribution >= 0.6 is 11.6 Å². The Morgan fingerprint density at radius 3 is 2.62 bits per heavy atom. The number of hydrogen-bond acceptors (Lipinski definition) is 7. The van der Waals surface area contributed by atoms with Crippen LogP contribution in [0, 0.1) is 12.8 Å². The molecular formula is C20H23ClN2O5S. The van der Waals surface area contributed by atoms with E-state index in [0.717, 1.165) is 5.56 Å². The van der Waals surface area contributed by atoms with E-state index in [1.807, 2.05) is 6.92 Å². The lowest BCUT2D eigenvalue weighted by molar-refractivity contribution is 0.0526. The number of hydrogen-bond donors (Lipinski definition) is 1. The Labute approximate surface area is 175 Å². The number of benzene rings is 1. The minimum Gasteiger partial charge on any atom is -0.462 e. The van der Waals surface area contributed by atoms with E-state index in [0.29, 0.717) is 24.1 Å². The molecule has 0 aliphatic heterocycles. The molecule has 3 rings (SSSR count). The number of nitrogens with one attached hydrogen (secondary N) is 1. The van der Waals surface area contributed by atoms with Gasteiger partial charge in [0.15, 0.2) is 0 Å². The Morgan fingerprint density at radius 2 is 1.97 bits per heavy atom. The van der Waals surface area contributed by atoms with Crippen molar-refractivity contribution in [3.8, 4) is 0 Å². The molecule has 0 unspecified atom stereocenters. The SMILES string of the molecule is CCOC(=O)c1cnc(Cl)cc1NC1CC(COS(=O)(=O)c2ccc(C)cc2)C1. The average molecular weight is 439 g/mol. The van der Waals surface area contributed by atoms with E-state index < -0.39 is 16.1 Å². The Balaban J connectivity index is 1.54. The van der Waals surface area contributed by atoms with Crippen LogP contribution in [0.15, 0.2) is 41.4 Å². The molecule has 1 saturated carbocycles. The summed E-state index contributed by atoms with van der Waals surface area (Å²) in [6, 6.07) is 8.22. The van der Waals surface area contributed by atoms with E-state index >= 15 is 0 Å². The third-order valence-corrected chi connectivity index (χ3v) is 6.23. The van der Waals surface area contributed by atoms with E-state index in [-0.39, 0.29) is 35.2 Å². The highest BCUT2D eigenvalue weighted by Crippen LogP contribution is 2.33. The molecule has 1 aromatic carbocycles. The van der Waals surface area contributed by atoms with Crippen LogP contribution in [-0.2, 0) is 19.0 Å². The molecule has 1 N–H and O–H groups in total. The zero-order valence-corrected chi connectivity index (χ0v) is 17.8. The van der Waals surface area contributed by atoms with Gasteiger partial charge in [-0.15, -0.1) is 0 Å². The van der Waals surface area contributed by atoms with Crippen LogP contribution in [-0.4, -0.2) is 38.6 Å². The molecule has 1 aromatic heterocycles. The van der Waals surface area contributed by atoms with Crippen LogP contribution in [0.25, 0.3) is 0 Å². The lowest BCUT2D eigenvalue weighted by Crippen LogP contribution is -2.38. The molecule has 0 atom stereocenters. The summed E-state index contributed by atoms with van der Waals surface area (Å²) >= 11 is 5.95. The topological polar surface area (TPSA) is 94.6 Å². The minimum atomic E-state index is -3.76. The summed E-state index contributed by atoms with van der Waals surface area (Å²) in [4.78, 5) is 16.2. The molecule has 0 amide bonds. The van der Waals surface area contributed by atoms with Gasteiger partial charge in [-0.05, 0) is 50.8 Å². The molecule has 0 spiro atoms. The first-order chi connectivity index (χ1) is 13.8. The molecule has 1 fully saturated rings. The van der Waals surface area contributed by atoms with Gasteiger partial charge in [0, 0.05) is 12.2 Å². The van der Waals surface area contributed by atoms with Crippen molar-refractivity contribution >= 4 is 33.4 Å². The Morgan fingerprint density at radius 1 is 1.28 bits per heavy atom. The largest absolute Gasteiger partial charge is 0.462 e. The van der Waals surface area contributed by atoms with Crippen molar-refractivity contribution < 1.29 is 22.1 Å². The fraction of sp³-hybridized carbons (Fsp3) is 0.400. The monoisotopic (exact) mass is 438 g/mol. The summed E-state index contributed by atoms with van der Waals surface area (Å²) in [5, 5.41) is 3.53. The van der Waals surface area contributed by atoms with E-state index in [4.69, 9.17) is 20.5 Å². The second-order valence-corrected chi connectivity index (χ2v) is 9.01. The number of carbonyl (C=O) groups excluding carboxylic acids is 1. The summed E-state index contributed by atoms with van der Waals surface area (Å²) < 4.78 is 34.8. The molecule has 1 heterocycles. The lowest BCUT2D eigenvalue weighted by atomic mass is 9.81. The molecule has 7 nitrogen and oxygen atoms in total.